The monoisotopic (exact) mass is 613 g/mol. The van der Waals surface area contributed by atoms with Crippen molar-refractivity contribution in [3.8, 4) is 5.75 Å². The number of likely N-dealkylation sites (tertiary alicyclic amines) is 1. The molecule has 1 amide bonds. The molecule has 7 rings (SSSR count). The molecule has 4 atom stereocenters. The fraction of sp³-hybridized carbons (Fsp3) is 0.433. The Bertz CT molecular complexity index is 1550. The van der Waals surface area contributed by atoms with E-state index in [0.717, 1.165) is 13.2 Å². The van der Waals surface area contributed by atoms with Crippen molar-refractivity contribution in [2.24, 2.45) is 17.8 Å². The Kier molecular flexibility index (Phi) is 7.87. The number of hydrogen-bond donors (Lipinski definition) is 2. The zero-order valence-corrected chi connectivity index (χ0v) is 23.9. The summed E-state index contributed by atoms with van der Waals surface area (Å²) in [7, 11) is 0. The van der Waals surface area contributed by atoms with Crippen LogP contribution in [0.3, 0.4) is 0 Å². The van der Waals surface area contributed by atoms with Crippen LogP contribution in [0.25, 0.3) is 10.9 Å². The van der Waals surface area contributed by atoms with Gasteiger partial charge >= 0.3 is 0 Å². The number of hydrogen-bond acceptors (Lipinski definition) is 9. The minimum atomic E-state index is -0.916. The Morgan fingerprint density at radius 1 is 1.12 bits per heavy atom. The summed E-state index contributed by atoms with van der Waals surface area (Å²) >= 11 is 5.95. The van der Waals surface area contributed by atoms with Crippen LogP contribution in [0.5, 0.6) is 5.75 Å². The van der Waals surface area contributed by atoms with E-state index in [2.05, 4.69) is 20.6 Å². The van der Waals surface area contributed by atoms with Crippen LogP contribution in [-0.4, -0.2) is 85.7 Å². The lowest BCUT2D eigenvalue weighted by Gasteiger charge is -2.24. The molecule has 0 bridgehead atoms. The standard InChI is InChI=1S/C30H30ClF2N5O5/c31-21-7-16(1-2-22(21)32)36-29-17-8-25(26(9-24(17)34-15-35-29)43-14-20-18-12-40-13-19(18)20)37-30(39)23(33)3-4-38-10-27-28(11-38)42-6-5-41-27/h1-3,7-9,15,18-20,27-28H,4-6,10-14H2,(H,37,39)(H,34,35,36)/b23-3-/t18?,19?,20?,27-,28+. The van der Waals surface area contributed by atoms with Gasteiger partial charge in [0.25, 0.3) is 5.91 Å². The summed E-state index contributed by atoms with van der Waals surface area (Å²) in [5.74, 6) is -0.284. The van der Waals surface area contributed by atoms with E-state index in [1.54, 1.807) is 12.1 Å². The summed E-state index contributed by atoms with van der Waals surface area (Å²) < 4.78 is 51.9. The third-order valence-electron chi connectivity index (χ3n) is 8.51. The molecular weight excluding hydrogens is 584 g/mol. The molecule has 2 unspecified atom stereocenters. The third-order valence-corrected chi connectivity index (χ3v) is 8.80. The molecule has 43 heavy (non-hydrogen) atoms. The first-order valence-electron chi connectivity index (χ1n) is 14.3. The Morgan fingerprint density at radius 2 is 1.88 bits per heavy atom. The van der Waals surface area contributed by atoms with Gasteiger partial charge in [-0.05, 0) is 42.2 Å². The van der Waals surface area contributed by atoms with Crippen LogP contribution in [0.4, 0.5) is 26.0 Å². The van der Waals surface area contributed by atoms with Gasteiger partial charge in [0.2, 0.25) is 0 Å². The summed E-state index contributed by atoms with van der Waals surface area (Å²) in [6.07, 6.45) is 2.57. The van der Waals surface area contributed by atoms with Gasteiger partial charge < -0.3 is 29.6 Å². The Morgan fingerprint density at radius 3 is 2.63 bits per heavy atom. The van der Waals surface area contributed by atoms with Gasteiger partial charge in [0.15, 0.2) is 5.83 Å². The van der Waals surface area contributed by atoms with Gasteiger partial charge in [0, 0.05) is 42.7 Å². The van der Waals surface area contributed by atoms with Crippen LogP contribution in [0.1, 0.15) is 0 Å². The van der Waals surface area contributed by atoms with Crippen molar-refractivity contribution < 1.29 is 32.5 Å². The molecule has 3 aliphatic heterocycles. The number of ether oxygens (including phenoxy) is 4. The van der Waals surface area contributed by atoms with Crippen LogP contribution in [0.15, 0.2) is 48.6 Å². The van der Waals surface area contributed by atoms with Crippen LogP contribution in [-0.2, 0) is 19.0 Å². The molecule has 1 aliphatic carbocycles. The van der Waals surface area contributed by atoms with Crippen molar-refractivity contribution in [3.05, 3.63) is 59.4 Å². The minimum Gasteiger partial charge on any atom is -0.491 e. The lowest BCUT2D eigenvalue weighted by atomic mass is 10.1. The van der Waals surface area contributed by atoms with E-state index in [1.165, 1.54) is 30.6 Å². The summed E-state index contributed by atoms with van der Waals surface area (Å²) in [5, 5.41) is 6.28. The Balaban J connectivity index is 1.12. The van der Waals surface area contributed by atoms with Gasteiger partial charge in [-0.15, -0.1) is 0 Å². The van der Waals surface area contributed by atoms with Crippen molar-refractivity contribution >= 4 is 45.6 Å². The van der Waals surface area contributed by atoms with Crippen LogP contribution in [0.2, 0.25) is 5.02 Å². The van der Waals surface area contributed by atoms with Crippen molar-refractivity contribution in [3.63, 3.8) is 0 Å². The van der Waals surface area contributed by atoms with Crippen LogP contribution in [0, 0.1) is 23.6 Å². The number of carbonyl (C=O) groups excluding carboxylic acids is 1. The lowest BCUT2D eigenvalue weighted by molar-refractivity contribution is -0.116. The topological polar surface area (TPSA) is 107 Å². The highest BCUT2D eigenvalue weighted by atomic mass is 35.5. The first-order valence-corrected chi connectivity index (χ1v) is 14.6. The number of rotatable bonds is 9. The fourth-order valence-corrected chi connectivity index (χ4v) is 6.25. The third kappa shape index (κ3) is 6.02. The van der Waals surface area contributed by atoms with E-state index >= 15 is 4.39 Å². The van der Waals surface area contributed by atoms with Crippen molar-refractivity contribution in [2.45, 2.75) is 12.2 Å². The Hall–Kier alpha value is -3.42. The molecule has 13 heteroatoms. The molecule has 3 saturated heterocycles. The first-order chi connectivity index (χ1) is 20.9. The van der Waals surface area contributed by atoms with Crippen LogP contribution < -0.4 is 15.4 Å². The molecule has 4 aliphatic rings. The molecule has 1 aromatic heterocycles. The second-order valence-corrected chi connectivity index (χ2v) is 11.6. The normalized spacial score (nSPS) is 26.7. The maximum absolute atomic E-state index is 15.1. The number of anilines is 3. The van der Waals surface area contributed by atoms with Gasteiger partial charge in [-0.3, -0.25) is 9.69 Å². The van der Waals surface area contributed by atoms with E-state index < -0.39 is 17.6 Å². The highest BCUT2D eigenvalue weighted by molar-refractivity contribution is 6.31. The zero-order chi connectivity index (χ0) is 29.5. The molecule has 2 N–H and O–H groups in total. The maximum Gasteiger partial charge on any atom is 0.284 e. The van der Waals surface area contributed by atoms with Crippen molar-refractivity contribution in [1.29, 1.82) is 0 Å². The second-order valence-electron chi connectivity index (χ2n) is 11.2. The predicted octanol–water partition coefficient (Wildman–Crippen LogP) is 4.33. The Labute approximate surface area is 251 Å². The number of halogens is 3. The number of carbonyl (C=O) groups is 1. The average Bonchev–Trinajstić information content (AvgIpc) is 3.31. The molecule has 4 heterocycles. The van der Waals surface area contributed by atoms with E-state index in [-0.39, 0.29) is 29.5 Å². The highest BCUT2D eigenvalue weighted by Gasteiger charge is 2.54. The minimum absolute atomic E-state index is 0.0372. The molecular formula is C30H30ClF2N5O5. The zero-order valence-electron chi connectivity index (χ0n) is 23.1. The number of benzene rings is 2. The predicted molar refractivity (Wildman–Crippen MR) is 155 cm³/mol. The van der Waals surface area contributed by atoms with Crippen LogP contribution >= 0.6 is 11.6 Å². The van der Waals surface area contributed by atoms with E-state index in [1.807, 2.05) is 4.90 Å². The van der Waals surface area contributed by atoms with E-state index in [0.29, 0.717) is 78.8 Å². The number of fused-ring (bicyclic) bond motifs is 3. The molecule has 0 radical (unpaired) electrons. The smallest absolute Gasteiger partial charge is 0.284 e. The van der Waals surface area contributed by atoms with Gasteiger partial charge in [0.05, 0.1) is 61.5 Å². The SMILES string of the molecule is O=C(Nc1cc2c(Nc3ccc(F)c(Cl)c3)ncnc2cc1OCC1C2COCC21)/C(F)=C/CN1C[C@@H]2OCCO[C@@H]2C1. The summed E-state index contributed by atoms with van der Waals surface area (Å²) in [5.41, 5.74) is 1.31. The molecule has 2 aromatic carbocycles. The molecule has 1 saturated carbocycles. The first kappa shape index (κ1) is 28.4. The molecule has 10 nitrogen and oxygen atoms in total. The summed E-state index contributed by atoms with van der Waals surface area (Å²) in [4.78, 5) is 23.7. The maximum atomic E-state index is 15.1. The molecule has 4 fully saturated rings. The fourth-order valence-electron chi connectivity index (χ4n) is 6.07. The average molecular weight is 614 g/mol. The van der Waals surface area contributed by atoms with Gasteiger partial charge in [-0.2, -0.15) is 0 Å². The summed E-state index contributed by atoms with van der Waals surface area (Å²) in [6, 6.07) is 7.54. The second kappa shape index (κ2) is 11.9. The summed E-state index contributed by atoms with van der Waals surface area (Å²) in [6.45, 7) is 4.46. The van der Waals surface area contributed by atoms with E-state index in [4.69, 9.17) is 30.5 Å². The van der Waals surface area contributed by atoms with Gasteiger partial charge in [-0.1, -0.05) is 11.6 Å². The molecule has 3 aromatic rings. The highest BCUT2D eigenvalue weighted by Crippen LogP contribution is 2.51. The van der Waals surface area contributed by atoms with Gasteiger partial charge in [0.1, 0.15) is 23.7 Å². The molecule has 0 spiro atoms. The lowest BCUT2D eigenvalue weighted by Crippen LogP contribution is -2.36. The largest absolute Gasteiger partial charge is 0.491 e. The van der Waals surface area contributed by atoms with E-state index in [9.17, 15) is 9.18 Å². The van der Waals surface area contributed by atoms with Crippen molar-refractivity contribution in [1.82, 2.24) is 14.9 Å². The number of nitrogens with zero attached hydrogens (tertiary/aromatic N) is 3. The molecule has 226 valence electrons. The number of aromatic nitrogens is 2. The quantitative estimate of drug-likeness (QED) is 0.341. The van der Waals surface area contributed by atoms with Crippen molar-refractivity contribution in [2.75, 3.05) is 63.3 Å². The number of nitrogens with one attached hydrogen (secondary N) is 2. The number of amides is 1. The van der Waals surface area contributed by atoms with Gasteiger partial charge in [-0.25, -0.2) is 18.7 Å².